The number of hydrogen-bond donors (Lipinski definition) is 1. The molecule has 150 valence electrons. The van der Waals surface area contributed by atoms with Gasteiger partial charge in [-0.05, 0) is 48.9 Å². The van der Waals surface area contributed by atoms with Gasteiger partial charge in [-0.2, -0.15) is 0 Å². The van der Waals surface area contributed by atoms with Gasteiger partial charge in [-0.15, -0.1) is 11.3 Å². The number of ketones is 1. The zero-order valence-electron chi connectivity index (χ0n) is 16.5. The third kappa shape index (κ3) is 3.85. The van der Waals surface area contributed by atoms with E-state index in [1.54, 1.807) is 18.4 Å². The Labute approximate surface area is 174 Å². The Bertz CT molecular complexity index is 986. The zero-order chi connectivity index (χ0) is 20.4. The maximum Gasteiger partial charge on any atom is 0.337 e. The first kappa shape index (κ1) is 19.5. The van der Waals surface area contributed by atoms with Crippen molar-refractivity contribution in [3.05, 3.63) is 74.8 Å². The van der Waals surface area contributed by atoms with Gasteiger partial charge in [0, 0.05) is 28.3 Å². The summed E-state index contributed by atoms with van der Waals surface area (Å²) in [6, 6.07) is 11.3. The molecule has 2 aromatic rings. The van der Waals surface area contributed by atoms with Gasteiger partial charge in [-0.3, -0.25) is 4.79 Å². The molecule has 29 heavy (non-hydrogen) atoms. The van der Waals surface area contributed by atoms with Crippen molar-refractivity contribution >= 4 is 23.1 Å². The fourth-order valence-corrected chi connectivity index (χ4v) is 4.79. The van der Waals surface area contributed by atoms with E-state index in [0.29, 0.717) is 12.0 Å². The summed E-state index contributed by atoms with van der Waals surface area (Å²) >= 11 is 1.56. The Morgan fingerprint density at radius 2 is 2.00 bits per heavy atom. The minimum atomic E-state index is -0.394. The van der Waals surface area contributed by atoms with E-state index in [-0.39, 0.29) is 18.3 Å². The van der Waals surface area contributed by atoms with Crippen molar-refractivity contribution in [3.63, 3.8) is 0 Å². The molecule has 0 amide bonds. The molecular formula is C23H23NO4S. The first-order valence-electron chi connectivity index (χ1n) is 9.66. The summed E-state index contributed by atoms with van der Waals surface area (Å²) in [4.78, 5) is 26.9. The molecule has 0 bridgehead atoms. The van der Waals surface area contributed by atoms with Crippen LogP contribution in [0.15, 0.2) is 64.3 Å². The number of carbonyl (C=O) groups is 2. The number of dihydropyridines is 1. The van der Waals surface area contributed by atoms with Crippen LogP contribution in [-0.2, 0) is 20.9 Å². The second-order valence-corrected chi connectivity index (χ2v) is 8.18. The van der Waals surface area contributed by atoms with Crippen molar-refractivity contribution in [3.8, 4) is 5.75 Å². The molecule has 4 rings (SSSR count). The van der Waals surface area contributed by atoms with Gasteiger partial charge < -0.3 is 14.8 Å². The van der Waals surface area contributed by atoms with Crippen LogP contribution < -0.4 is 10.1 Å². The van der Waals surface area contributed by atoms with Crippen LogP contribution in [0, 0.1) is 0 Å². The van der Waals surface area contributed by atoms with E-state index in [1.807, 2.05) is 48.7 Å². The fourth-order valence-electron chi connectivity index (χ4n) is 3.94. The highest BCUT2D eigenvalue weighted by molar-refractivity contribution is 7.10. The van der Waals surface area contributed by atoms with E-state index < -0.39 is 5.97 Å². The van der Waals surface area contributed by atoms with Gasteiger partial charge in [0.15, 0.2) is 5.78 Å². The Hall–Kier alpha value is -2.86. The number of benzene rings is 1. The quantitative estimate of drug-likeness (QED) is 0.739. The molecule has 0 saturated carbocycles. The standard InChI is InChI=1S/C23H23NO4S/c1-14-20(23(26)28-13-15-8-10-16(27-2)11-9-15)22(19-7-4-12-29-19)21-17(24-14)5-3-6-18(21)25/h4,7-12,22,24H,3,5-6,13H2,1-2H3/t22-/m0/s1. The molecule has 1 aliphatic heterocycles. The van der Waals surface area contributed by atoms with Gasteiger partial charge in [0.05, 0.1) is 18.6 Å². The summed E-state index contributed by atoms with van der Waals surface area (Å²) in [5.74, 6) is 0.116. The number of nitrogens with one attached hydrogen (secondary N) is 1. The number of allylic oxidation sites excluding steroid dienone is 3. The molecule has 1 N–H and O–H groups in total. The average Bonchev–Trinajstić information content (AvgIpc) is 3.26. The lowest BCUT2D eigenvalue weighted by atomic mass is 9.78. The van der Waals surface area contributed by atoms with Crippen molar-refractivity contribution in [1.29, 1.82) is 0 Å². The van der Waals surface area contributed by atoms with Crippen LogP contribution >= 0.6 is 11.3 Å². The number of rotatable bonds is 5. The average molecular weight is 410 g/mol. The Kier molecular flexibility index (Phi) is 5.53. The molecule has 6 heteroatoms. The van der Waals surface area contributed by atoms with Crippen LogP contribution in [0.25, 0.3) is 0 Å². The molecule has 0 spiro atoms. The van der Waals surface area contributed by atoms with Crippen molar-refractivity contribution in [2.24, 2.45) is 0 Å². The molecule has 2 heterocycles. The van der Waals surface area contributed by atoms with E-state index in [2.05, 4.69) is 5.32 Å². The minimum absolute atomic E-state index is 0.116. The van der Waals surface area contributed by atoms with E-state index in [0.717, 1.165) is 46.0 Å². The van der Waals surface area contributed by atoms with Gasteiger partial charge in [0.25, 0.3) is 0 Å². The maximum atomic E-state index is 13.1. The van der Waals surface area contributed by atoms with Gasteiger partial charge in [0.2, 0.25) is 0 Å². The monoisotopic (exact) mass is 409 g/mol. The highest BCUT2D eigenvalue weighted by Crippen LogP contribution is 2.43. The predicted octanol–water partition coefficient (Wildman–Crippen LogP) is 4.47. The minimum Gasteiger partial charge on any atom is -0.497 e. The Morgan fingerprint density at radius 1 is 1.21 bits per heavy atom. The fraction of sp³-hybridized carbons (Fsp3) is 0.304. The molecule has 2 aliphatic rings. The van der Waals surface area contributed by atoms with E-state index in [1.165, 1.54) is 0 Å². The molecule has 0 saturated heterocycles. The second-order valence-electron chi connectivity index (χ2n) is 7.21. The summed E-state index contributed by atoms with van der Waals surface area (Å²) in [5, 5.41) is 5.28. The first-order chi connectivity index (χ1) is 14.1. The van der Waals surface area contributed by atoms with Crippen LogP contribution in [-0.4, -0.2) is 18.9 Å². The van der Waals surface area contributed by atoms with Gasteiger partial charge in [-0.1, -0.05) is 18.2 Å². The van der Waals surface area contributed by atoms with Gasteiger partial charge in [0.1, 0.15) is 12.4 Å². The topological polar surface area (TPSA) is 64.6 Å². The predicted molar refractivity (Wildman–Crippen MR) is 112 cm³/mol. The lowest BCUT2D eigenvalue weighted by Gasteiger charge is -2.33. The second kappa shape index (κ2) is 8.25. The highest BCUT2D eigenvalue weighted by atomic mass is 32.1. The van der Waals surface area contributed by atoms with E-state index >= 15 is 0 Å². The van der Waals surface area contributed by atoms with Crippen molar-refractivity contribution in [2.45, 2.75) is 38.7 Å². The largest absolute Gasteiger partial charge is 0.497 e. The smallest absolute Gasteiger partial charge is 0.337 e. The lowest BCUT2D eigenvalue weighted by Crippen LogP contribution is -2.34. The van der Waals surface area contributed by atoms with E-state index in [4.69, 9.17) is 9.47 Å². The molecular weight excluding hydrogens is 386 g/mol. The van der Waals surface area contributed by atoms with Gasteiger partial charge in [-0.25, -0.2) is 4.79 Å². The Morgan fingerprint density at radius 3 is 2.69 bits per heavy atom. The lowest BCUT2D eigenvalue weighted by molar-refractivity contribution is -0.140. The van der Waals surface area contributed by atoms with Crippen LogP contribution in [0.5, 0.6) is 5.75 Å². The zero-order valence-corrected chi connectivity index (χ0v) is 17.3. The van der Waals surface area contributed by atoms with Crippen molar-refractivity contribution in [1.82, 2.24) is 5.32 Å². The number of carbonyl (C=O) groups excluding carboxylic acids is 2. The van der Waals surface area contributed by atoms with Crippen LogP contribution in [0.4, 0.5) is 0 Å². The third-order valence-electron chi connectivity index (χ3n) is 5.35. The third-order valence-corrected chi connectivity index (χ3v) is 6.29. The SMILES string of the molecule is COc1ccc(COC(=O)C2=C(C)NC3=C(C(=O)CCC3)[C@H]2c2cccs2)cc1. The normalized spacial score (nSPS) is 19.0. The van der Waals surface area contributed by atoms with Crippen LogP contribution in [0.1, 0.15) is 42.5 Å². The highest BCUT2D eigenvalue weighted by Gasteiger charge is 2.39. The van der Waals surface area contributed by atoms with E-state index in [9.17, 15) is 9.59 Å². The van der Waals surface area contributed by atoms with Crippen LogP contribution in [0.2, 0.25) is 0 Å². The summed E-state index contributed by atoms with van der Waals surface area (Å²) < 4.78 is 10.8. The number of thiophene rings is 1. The molecule has 5 nitrogen and oxygen atoms in total. The first-order valence-corrected chi connectivity index (χ1v) is 10.5. The molecule has 0 unspecified atom stereocenters. The molecule has 1 aromatic carbocycles. The van der Waals surface area contributed by atoms with Gasteiger partial charge >= 0.3 is 5.97 Å². The molecule has 1 atom stereocenters. The summed E-state index contributed by atoms with van der Waals surface area (Å²) in [5.41, 5.74) is 3.83. The van der Waals surface area contributed by atoms with Crippen molar-refractivity contribution in [2.75, 3.05) is 7.11 Å². The number of hydrogen-bond acceptors (Lipinski definition) is 6. The molecule has 1 aromatic heterocycles. The maximum absolute atomic E-state index is 13.1. The number of ether oxygens (including phenoxy) is 2. The van der Waals surface area contributed by atoms with Crippen LogP contribution in [0.3, 0.4) is 0 Å². The number of methoxy groups -OCH3 is 1. The van der Waals surface area contributed by atoms with Crippen molar-refractivity contribution < 1.29 is 19.1 Å². The molecule has 1 aliphatic carbocycles. The summed E-state index contributed by atoms with van der Waals surface area (Å²) in [7, 11) is 1.61. The number of esters is 1. The Balaban J connectivity index is 1.61. The number of Topliss-reactive ketones (excluding diaryl/α,β-unsaturated/α-hetero) is 1. The summed E-state index contributed by atoms with van der Waals surface area (Å²) in [6.45, 7) is 2.05. The molecule has 0 fully saturated rings. The molecule has 0 radical (unpaired) electrons. The summed E-state index contributed by atoms with van der Waals surface area (Å²) in [6.07, 6.45) is 2.19.